The molecule has 2 saturated heterocycles. The molecule has 1 unspecified atom stereocenters. The molecule has 2 aromatic rings. The quantitative estimate of drug-likeness (QED) is 0.830. The normalized spacial score (nSPS) is 24.1. The first kappa shape index (κ1) is 17.6. The summed E-state index contributed by atoms with van der Waals surface area (Å²) in [5.41, 5.74) is 1.65. The molecule has 1 amide bonds. The number of hydrogen-bond acceptors (Lipinski definition) is 6. The summed E-state index contributed by atoms with van der Waals surface area (Å²) < 4.78 is 0. The number of nitrogens with one attached hydrogen (secondary N) is 1. The minimum atomic E-state index is 0.0178. The van der Waals surface area contributed by atoms with E-state index < -0.39 is 0 Å². The van der Waals surface area contributed by atoms with Gasteiger partial charge in [0, 0.05) is 56.5 Å². The number of aliphatic hydroxyl groups excluding tert-OH is 1. The minimum Gasteiger partial charge on any atom is -0.396 e. The number of anilines is 1. The van der Waals surface area contributed by atoms with Crippen LogP contribution >= 0.6 is 0 Å². The van der Waals surface area contributed by atoms with Gasteiger partial charge in [-0.3, -0.25) is 9.89 Å². The first-order chi connectivity index (χ1) is 13.7. The minimum absolute atomic E-state index is 0.0178. The maximum Gasteiger partial charge on any atom is 0.274 e. The van der Waals surface area contributed by atoms with Crippen LogP contribution in [0.3, 0.4) is 0 Å². The van der Waals surface area contributed by atoms with Crippen LogP contribution in [0, 0.1) is 11.3 Å². The highest BCUT2D eigenvalue weighted by Crippen LogP contribution is 2.45. The molecule has 2 aromatic heterocycles. The van der Waals surface area contributed by atoms with E-state index in [9.17, 15) is 9.90 Å². The highest BCUT2D eigenvalue weighted by Gasteiger charge is 2.48. The maximum atomic E-state index is 12.9. The maximum absolute atomic E-state index is 12.9. The number of aromatic amines is 1. The molecule has 5 rings (SSSR count). The molecule has 1 atom stereocenters. The molecule has 3 fully saturated rings. The van der Waals surface area contributed by atoms with Gasteiger partial charge in [0.05, 0.1) is 0 Å². The van der Waals surface area contributed by atoms with Gasteiger partial charge in [-0.05, 0) is 43.2 Å². The number of carbonyl (C=O) groups excluding carboxylic acids is 1. The second-order valence-electron chi connectivity index (χ2n) is 8.46. The molecular formula is C20H26N6O2. The average Bonchev–Trinajstić information content (AvgIpc) is 3.36. The molecule has 0 bridgehead atoms. The molecule has 2 N–H and O–H groups in total. The van der Waals surface area contributed by atoms with E-state index in [2.05, 4.69) is 25.1 Å². The van der Waals surface area contributed by atoms with Gasteiger partial charge in [-0.15, -0.1) is 0 Å². The Bertz CT molecular complexity index is 841. The molecule has 2 aliphatic heterocycles. The molecule has 1 aliphatic carbocycles. The summed E-state index contributed by atoms with van der Waals surface area (Å²) in [6.45, 7) is 3.24. The van der Waals surface area contributed by atoms with Gasteiger partial charge < -0.3 is 14.9 Å². The Labute approximate surface area is 164 Å². The summed E-state index contributed by atoms with van der Waals surface area (Å²) in [6, 6.07) is 3.84. The van der Waals surface area contributed by atoms with Crippen molar-refractivity contribution in [1.82, 2.24) is 25.1 Å². The Morgan fingerprint density at radius 3 is 2.82 bits per heavy atom. The summed E-state index contributed by atoms with van der Waals surface area (Å²) in [4.78, 5) is 25.4. The molecule has 148 valence electrons. The van der Waals surface area contributed by atoms with Crippen molar-refractivity contribution in [2.45, 2.75) is 31.6 Å². The van der Waals surface area contributed by atoms with Crippen LogP contribution in [0.2, 0.25) is 0 Å². The van der Waals surface area contributed by atoms with Crippen LogP contribution in [0.1, 0.15) is 47.8 Å². The third-order valence-corrected chi connectivity index (χ3v) is 6.80. The van der Waals surface area contributed by atoms with Crippen molar-refractivity contribution in [1.29, 1.82) is 0 Å². The van der Waals surface area contributed by atoms with Crippen LogP contribution in [-0.4, -0.2) is 68.9 Å². The number of hydrogen-bond donors (Lipinski definition) is 2. The van der Waals surface area contributed by atoms with Gasteiger partial charge in [-0.1, -0.05) is 0 Å². The summed E-state index contributed by atoms with van der Waals surface area (Å²) in [5, 5.41) is 17.3. The summed E-state index contributed by atoms with van der Waals surface area (Å²) in [7, 11) is 0. The molecule has 8 heteroatoms. The average molecular weight is 382 g/mol. The van der Waals surface area contributed by atoms with Gasteiger partial charge >= 0.3 is 0 Å². The molecule has 4 heterocycles. The number of likely N-dealkylation sites (tertiary alicyclic amines) is 1. The molecule has 0 radical (unpaired) electrons. The number of aromatic nitrogens is 4. The van der Waals surface area contributed by atoms with Crippen LogP contribution in [0.4, 0.5) is 5.82 Å². The topological polar surface area (TPSA) is 98.2 Å². The van der Waals surface area contributed by atoms with E-state index in [4.69, 9.17) is 0 Å². The summed E-state index contributed by atoms with van der Waals surface area (Å²) >= 11 is 0. The second kappa shape index (κ2) is 6.84. The van der Waals surface area contributed by atoms with Crippen LogP contribution < -0.4 is 4.90 Å². The fourth-order valence-corrected chi connectivity index (χ4v) is 4.86. The monoisotopic (exact) mass is 382 g/mol. The van der Waals surface area contributed by atoms with Crippen LogP contribution in [0.25, 0.3) is 0 Å². The first-order valence-electron chi connectivity index (χ1n) is 10.1. The van der Waals surface area contributed by atoms with Crippen molar-refractivity contribution in [3.8, 4) is 0 Å². The van der Waals surface area contributed by atoms with Gasteiger partial charge in [0.25, 0.3) is 5.91 Å². The zero-order chi connectivity index (χ0) is 19.1. The summed E-state index contributed by atoms with van der Waals surface area (Å²) in [5.74, 6) is 1.69. The standard InChI is InChI=1S/C20H26N6O2/c27-11-15-10-26(18-3-6-21-13-22-18)12-20(15)4-7-25(8-5-20)19(28)17-9-16(23-24-17)14-1-2-14/h3,6,9,13-15,27H,1-2,4-5,7-8,10-12H2,(H,23,24). The van der Waals surface area contributed by atoms with E-state index in [1.807, 2.05) is 17.0 Å². The Kier molecular flexibility index (Phi) is 4.30. The second-order valence-corrected chi connectivity index (χ2v) is 8.46. The van der Waals surface area contributed by atoms with E-state index in [1.165, 1.54) is 12.8 Å². The zero-order valence-electron chi connectivity index (χ0n) is 15.9. The lowest BCUT2D eigenvalue weighted by Gasteiger charge is -2.42. The lowest BCUT2D eigenvalue weighted by Crippen LogP contribution is -2.47. The number of amides is 1. The SMILES string of the molecule is O=C(c1cc(C2CC2)[nH]n1)N1CCC2(CC1)CN(c1ccncn1)CC2CO. The Balaban J connectivity index is 1.26. The number of piperidine rings is 1. The van der Waals surface area contributed by atoms with Crippen LogP contribution in [-0.2, 0) is 0 Å². The van der Waals surface area contributed by atoms with Crippen molar-refractivity contribution in [2.75, 3.05) is 37.7 Å². The van der Waals surface area contributed by atoms with Gasteiger partial charge in [0.1, 0.15) is 17.8 Å². The molecule has 8 nitrogen and oxygen atoms in total. The number of carbonyl (C=O) groups is 1. The molecule has 0 aromatic carbocycles. The van der Waals surface area contributed by atoms with Crippen molar-refractivity contribution in [2.24, 2.45) is 11.3 Å². The summed E-state index contributed by atoms with van der Waals surface area (Å²) in [6.07, 6.45) is 7.48. The van der Waals surface area contributed by atoms with Crippen LogP contribution in [0.15, 0.2) is 24.7 Å². The third-order valence-electron chi connectivity index (χ3n) is 6.80. The molecule has 1 spiro atoms. The fraction of sp³-hybridized carbons (Fsp3) is 0.600. The predicted octanol–water partition coefficient (Wildman–Crippen LogP) is 1.43. The largest absolute Gasteiger partial charge is 0.396 e. The van der Waals surface area contributed by atoms with E-state index in [0.29, 0.717) is 24.7 Å². The van der Waals surface area contributed by atoms with Gasteiger partial charge in [0.15, 0.2) is 0 Å². The predicted molar refractivity (Wildman–Crippen MR) is 103 cm³/mol. The van der Waals surface area contributed by atoms with Gasteiger partial charge in [-0.2, -0.15) is 5.10 Å². The highest BCUT2D eigenvalue weighted by atomic mass is 16.3. The highest BCUT2D eigenvalue weighted by molar-refractivity contribution is 5.92. The fourth-order valence-electron chi connectivity index (χ4n) is 4.86. The number of rotatable bonds is 4. The lowest BCUT2D eigenvalue weighted by atomic mass is 9.71. The Hall–Kier alpha value is -2.48. The Morgan fingerprint density at radius 1 is 1.32 bits per heavy atom. The van der Waals surface area contributed by atoms with Crippen molar-refractivity contribution in [3.63, 3.8) is 0 Å². The number of H-pyrrole nitrogens is 1. The number of aliphatic hydroxyl groups is 1. The smallest absolute Gasteiger partial charge is 0.274 e. The van der Waals surface area contributed by atoms with Crippen molar-refractivity contribution < 1.29 is 9.90 Å². The zero-order valence-corrected chi connectivity index (χ0v) is 15.9. The number of nitrogens with zero attached hydrogens (tertiary/aromatic N) is 5. The lowest BCUT2D eigenvalue weighted by molar-refractivity contribution is 0.0412. The van der Waals surface area contributed by atoms with E-state index in [1.54, 1.807) is 12.5 Å². The molecule has 3 aliphatic rings. The third kappa shape index (κ3) is 3.05. The van der Waals surface area contributed by atoms with Crippen molar-refractivity contribution >= 4 is 11.7 Å². The van der Waals surface area contributed by atoms with E-state index in [0.717, 1.165) is 37.4 Å². The van der Waals surface area contributed by atoms with Crippen molar-refractivity contribution in [3.05, 3.63) is 36.0 Å². The van der Waals surface area contributed by atoms with Gasteiger partial charge in [-0.25, -0.2) is 9.97 Å². The molecule has 1 saturated carbocycles. The molecular weight excluding hydrogens is 356 g/mol. The Morgan fingerprint density at radius 2 is 2.14 bits per heavy atom. The first-order valence-corrected chi connectivity index (χ1v) is 10.1. The van der Waals surface area contributed by atoms with E-state index in [-0.39, 0.29) is 23.8 Å². The van der Waals surface area contributed by atoms with Crippen LogP contribution in [0.5, 0.6) is 0 Å². The van der Waals surface area contributed by atoms with E-state index >= 15 is 0 Å². The molecule has 28 heavy (non-hydrogen) atoms. The van der Waals surface area contributed by atoms with Gasteiger partial charge in [0.2, 0.25) is 0 Å².